The fourth-order valence-electron chi connectivity index (χ4n) is 1.89. The van der Waals surface area contributed by atoms with E-state index in [0.29, 0.717) is 0 Å². The van der Waals surface area contributed by atoms with Gasteiger partial charge in [-0.15, -0.1) is 0 Å². The Morgan fingerprint density at radius 2 is 1.57 bits per heavy atom. The summed E-state index contributed by atoms with van der Waals surface area (Å²) in [5.74, 6) is 0. The highest BCUT2D eigenvalue weighted by molar-refractivity contribution is 14.1. The Labute approximate surface area is 98.5 Å². The van der Waals surface area contributed by atoms with Gasteiger partial charge in [-0.1, -0.05) is 12.1 Å². The second-order valence-corrected chi connectivity index (χ2v) is 5.07. The van der Waals surface area contributed by atoms with Gasteiger partial charge in [0.25, 0.3) is 0 Å². The van der Waals surface area contributed by atoms with Crippen molar-refractivity contribution < 1.29 is 0 Å². The van der Waals surface area contributed by atoms with Crippen LogP contribution >= 0.6 is 22.6 Å². The molecule has 0 nitrogen and oxygen atoms in total. The van der Waals surface area contributed by atoms with Gasteiger partial charge in [0.05, 0.1) is 0 Å². The molecule has 2 rings (SSSR count). The molecule has 0 amide bonds. The van der Waals surface area contributed by atoms with Crippen molar-refractivity contribution in [3.63, 3.8) is 0 Å². The maximum atomic E-state index is 2.36. The third-order valence-electron chi connectivity index (χ3n) is 2.83. The van der Waals surface area contributed by atoms with Crippen LogP contribution in [0.25, 0.3) is 10.8 Å². The van der Waals surface area contributed by atoms with Crippen LogP contribution in [-0.2, 0) is 0 Å². The summed E-state index contributed by atoms with van der Waals surface area (Å²) < 4.78 is 1.31. The summed E-state index contributed by atoms with van der Waals surface area (Å²) >= 11 is 2.36. The van der Waals surface area contributed by atoms with E-state index in [9.17, 15) is 0 Å². The average Bonchev–Trinajstić information content (AvgIpc) is 2.14. The minimum absolute atomic E-state index is 1.31. The van der Waals surface area contributed by atoms with E-state index >= 15 is 0 Å². The first kappa shape index (κ1) is 9.97. The molecule has 0 aliphatic carbocycles. The Morgan fingerprint density at radius 3 is 2.29 bits per heavy atom. The SMILES string of the molecule is Cc1cc(C)c2cc(I)ccc2c1C. The fraction of sp³-hybridized carbons (Fsp3) is 0.231. The molecule has 2 aromatic rings. The standard InChI is InChI=1S/C13H13I/c1-8-6-9(2)13-7-11(14)4-5-12(13)10(8)3/h4-7H,1-3H3. The zero-order chi connectivity index (χ0) is 10.3. The van der Waals surface area contributed by atoms with Crippen molar-refractivity contribution in [2.45, 2.75) is 20.8 Å². The zero-order valence-electron chi connectivity index (χ0n) is 8.69. The van der Waals surface area contributed by atoms with Gasteiger partial charge in [-0.3, -0.25) is 0 Å². The van der Waals surface area contributed by atoms with Crippen molar-refractivity contribution in [3.8, 4) is 0 Å². The smallest absolute Gasteiger partial charge is 0.0136 e. The van der Waals surface area contributed by atoms with Crippen LogP contribution in [0.5, 0.6) is 0 Å². The lowest BCUT2D eigenvalue weighted by molar-refractivity contribution is 1.34. The Balaban J connectivity index is 2.94. The quantitative estimate of drug-likeness (QED) is 0.633. The maximum absolute atomic E-state index is 2.36. The molecule has 0 saturated carbocycles. The first-order valence-electron chi connectivity index (χ1n) is 4.75. The van der Waals surface area contributed by atoms with Gasteiger partial charge in [0.2, 0.25) is 0 Å². The third-order valence-corrected chi connectivity index (χ3v) is 3.51. The van der Waals surface area contributed by atoms with E-state index in [-0.39, 0.29) is 0 Å². The molecule has 72 valence electrons. The molecule has 0 saturated heterocycles. The first-order chi connectivity index (χ1) is 6.59. The minimum Gasteiger partial charge on any atom is -0.0555 e. The number of benzene rings is 2. The molecule has 14 heavy (non-hydrogen) atoms. The van der Waals surface area contributed by atoms with E-state index < -0.39 is 0 Å². The molecule has 0 radical (unpaired) electrons. The van der Waals surface area contributed by atoms with Gasteiger partial charge >= 0.3 is 0 Å². The number of rotatable bonds is 0. The number of fused-ring (bicyclic) bond motifs is 1. The Kier molecular flexibility index (Phi) is 2.52. The van der Waals surface area contributed by atoms with Gasteiger partial charge in [-0.2, -0.15) is 0 Å². The first-order valence-corrected chi connectivity index (χ1v) is 5.83. The summed E-state index contributed by atoms with van der Waals surface area (Å²) in [6.07, 6.45) is 0. The largest absolute Gasteiger partial charge is 0.0555 e. The fourth-order valence-corrected chi connectivity index (χ4v) is 2.38. The summed E-state index contributed by atoms with van der Waals surface area (Å²) in [4.78, 5) is 0. The summed E-state index contributed by atoms with van der Waals surface area (Å²) in [5.41, 5.74) is 4.17. The van der Waals surface area contributed by atoms with Crippen molar-refractivity contribution in [2.75, 3.05) is 0 Å². The van der Waals surface area contributed by atoms with E-state index in [2.05, 4.69) is 67.6 Å². The van der Waals surface area contributed by atoms with Crippen LogP contribution in [0, 0.1) is 24.3 Å². The predicted octanol–water partition coefficient (Wildman–Crippen LogP) is 4.37. The van der Waals surface area contributed by atoms with E-state index in [1.807, 2.05) is 0 Å². The van der Waals surface area contributed by atoms with E-state index in [1.165, 1.54) is 31.0 Å². The number of halogens is 1. The van der Waals surface area contributed by atoms with Crippen LogP contribution in [0.4, 0.5) is 0 Å². The van der Waals surface area contributed by atoms with Crippen molar-refractivity contribution in [1.29, 1.82) is 0 Å². The molecule has 0 unspecified atom stereocenters. The average molecular weight is 296 g/mol. The molecule has 0 fully saturated rings. The van der Waals surface area contributed by atoms with Crippen LogP contribution in [0.3, 0.4) is 0 Å². The summed E-state index contributed by atoms with van der Waals surface area (Å²) in [6.45, 7) is 6.56. The number of hydrogen-bond donors (Lipinski definition) is 0. The second kappa shape index (κ2) is 3.54. The zero-order valence-corrected chi connectivity index (χ0v) is 10.8. The van der Waals surface area contributed by atoms with Gasteiger partial charge in [-0.25, -0.2) is 0 Å². The summed E-state index contributed by atoms with van der Waals surface area (Å²) in [7, 11) is 0. The van der Waals surface area contributed by atoms with Gasteiger partial charge < -0.3 is 0 Å². The third kappa shape index (κ3) is 1.54. The number of hydrogen-bond acceptors (Lipinski definition) is 0. The highest BCUT2D eigenvalue weighted by atomic mass is 127. The molecule has 0 bridgehead atoms. The monoisotopic (exact) mass is 296 g/mol. The maximum Gasteiger partial charge on any atom is 0.0136 e. The predicted molar refractivity (Wildman–Crippen MR) is 70.9 cm³/mol. The van der Waals surface area contributed by atoms with E-state index in [0.717, 1.165) is 0 Å². The molecule has 0 N–H and O–H groups in total. The van der Waals surface area contributed by atoms with Crippen molar-refractivity contribution >= 4 is 33.4 Å². The molecule has 0 aliphatic rings. The Morgan fingerprint density at radius 1 is 0.857 bits per heavy atom. The van der Waals surface area contributed by atoms with Crippen LogP contribution in [0.2, 0.25) is 0 Å². The Bertz CT molecular complexity index is 498. The summed E-state index contributed by atoms with van der Waals surface area (Å²) in [6, 6.07) is 8.94. The van der Waals surface area contributed by atoms with Crippen LogP contribution < -0.4 is 0 Å². The molecule has 1 heteroatoms. The lowest BCUT2D eigenvalue weighted by Gasteiger charge is -2.09. The van der Waals surface area contributed by atoms with Gasteiger partial charge in [0.15, 0.2) is 0 Å². The highest BCUT2D eigenvalue weighted by Gasteiger charge is 2.03. The number of aryl methyl sites for hydroxylation is 3. The molecule has 0 aromatic heterocycles. The normalized spacial score (nSPS) is 10.9. The molecule has 0 aliphatic heterocycles. The molecular formula is C13H13I. The van der Waals surface area contributed by atoms with Gasteiger partial charge in [0.1, 0.15) is 0 Å². The topological polar surface area (TPSA) is 0 Å². The van der Waals surface area contributed by atoms with Gasteiger partial charge in [0, 0.05) is 3.57 Å². The lowest BCUT2D eigenvalue weighted by atomic mass is 9.97. The van der Waals surface area contributed by atoms with E-state index in [1.54, 1.807) is 0 Å². The lowest BCUT2D eigenvalue weighted by Crippen LogP contribution is -1.88. The minimum atomic E-state index is 1.31. The van der Waals surface area contributed by atoms with E-state index in [4.69, 9.17) is 0 Å². The van der Waals surface area contributed by atoms with Crippen molar-refractivity contribution in [3.05, 3.63) is 44.5 Å². The van der Waals surface area contributed by atoms with Crippen LogP contribution in [0.1, 0.15) is 16.7 Å². The molecular weight excluding hydrogens is 283 g/mol. The molecule has 2 aromatic carbocycles. The Hall–Kier alpha value is -0.570. The summed E-state index contributed by atoms with van der Waals surface area (Å²) in [5, 5.41) is 2.78. The van der Waals surface area contributed by atoms with Crippen molar-refractivity contribution in [2.24, 2.45) is 0 Å². The van der Waals surface area contributed by atoms with Crippen molar-refractivity contribution in [1.82, 2.24) is 0 Å². The molecule has 0 atom stereocenters. The van der Waals surface area contributed by atoms with Crippen LogP contribution in [0.15, 0.2) is 24.3 Å². The van der Waals surface area contributed by atoms with Crippen LogP contribution in [-0.4, -0.2) is 0 Å². The molecule has 0 heterocycles. The molecule has 0 spiro atoms. The second-order valence-electron chi connectivity index (χ2n) is 3.83. The van der Waals surface area contributed by atoms with Gasteiger partial charge in [-0.05, 0) is 83.0 Å². The highest BCUT2D eigenvalue weighted by Crippen LogP contribution is 2.26.